The van der Waals surface area contributed by atoms with E-state index in [-0.39, 0.29) is 0 Å². The Kier molecular flexibility index (Phi) is 6.91. The fourth-order valence-electron chi connectivity index (χ4n) is 7.34. The lowest BCUT2D eigenvalue weighted by molar-refractivity contribution is 1.18. The summed E-state index contributed by atoms with van der Waals surface area (Å²) in [6.45, 7) is 0. The second-order valence-corrected chi connectivity index (χ2v) is 15.3. The molecular weight excluding hydrogens is 573 g/mol. The molecule has 1 heterocycles. The molecule has 1 aromatic heterocycles. The minimum Gasteiger partial charge on any atom is -0.309 e. The van der Waals surface area contributed by atoms with Gasteiger partial charge < -0.3 is 4.57 Å². The van der Waals surface area contributed by atoms with Crippen molar-refractivity contribution >= 4 is 50.6 Å². The van der Waals surface area contributed by atoms with Crippen LogP contribution in [0.1, 0.15) is 5.56 Å². The molecule has 8 aromatic rings. The van der Waals surface area contributed by atoms with Crippen molar-refractivity contribution in [3.05, 3.63) is 188 Å². The highest BCUT2D eigenvalue weighted by atomic mass is 28.3. The quantitative estimate of drug-likeness (QED) is 0.142. The van der Waals surface area contributed by atoms with Gasteiger partial charge in [0.15, 0.2) is 8.07 Å². The number of nitrogens with zero attached hydrogens (tertiary/aromatic N) is 2. The van der Waals surface area contributed by atoms with Crippen molar-refractivity contribution in [3.63, 3.8) is 0 Å². The van der Waals surface area contributed by atoms with Gasteiger partial charge in [-0.3, -0.25) is 0 Å². The first kappa shape index (κ1) is 27.6. The molecule has 0 fully saturated rings. The SMILES string of the molecule is N#Cc1ccccc1[Si](c1ccccc1)(c1ccccc1)c1ccccc1-c1ccccc1-n1c2ccccc2c2ccccc21. The maximum Gasteiger partial charge on any atom is 0.181 e. The Balaban J connectivity index is 1.52. The summed E-state index contributed by atoms with van der Waals surface area (Å²) < 4.78 is 2.41. The highest BCUT2D eigenvalue weighted by Crippen LogP contribution is 2.36. The minimum absolute atomic E-state index is 0.715. The molecule has 0 aliphatic carbocycles. The Hall–Kier alpha value is -5.95. The normalized spacial score (nSPS) is 11.5. The van der Waals surface area contributed by atoms with Crippen LogP contribution in [0, 0.1) is 11.3 Å². The van der Waals surface area contributed by atoms with Crippen LogP contribution in [0.15, 0.2) is 182 Å². The molecule has 46 heavy (non-hydrogen) atoms. The van der Waals surface area contributed by atoms with Crippen LogP contribution < -0.4 is 20.7 Å². The molecule has 0 N–H and O–H groups in total. The zero-order valence-electron chi connectivity index (χ0n) is 25.2. The van der Waals surface area contributed by atoms with Gasteiger partial charge in [0.2, 0.25) is 0 Å². The van der Waals surface area contributed by atoms with Crippen LogP contribution in [-0.2, 0) is 0 Å². The van der Waals surface area contributed by atoms with E-state index >= 15 is 0 Å². The Morgan fingerprint density at radius 3 is 1.48 bits per heavy atom. The Bertz CT molecular complexity index is 2290. The van der Waals surface area contributed by atoms with Crippen molar-refractivity contribution < 1.29 is 0 Å². The molecule has 8 rings (SSSR count). The highest BCUT2D eigenvalue weighted by molar-refractivity contribution is 7.20. The van der Waals surface area contributed by atoms with Gasteiger partial charge in [-0.05, 0) is 50.6 Å². The molecule has 0 aliphatic heterocycles. The van der Waals surface area contributed by atoms with Gasteiger partial charge in [0.1, 0.15) is 0 Å². The fraction of sp³-hybridized carbons (Fsp3) is 0. The molecule has 0 radical (unpaired) electrons. The fourth-order valence-corrected chi connectivity index (χ4v) is 12.5. The molecule has 2 nitrogen and oxygen atoms in total. The summed E-state index contributed by atoms with van der Waals surface area (Å²) >= 11 is 0. The van der Waals surface area contributed by atoms with Crippen molar-refractivity contribution in [2.75, 3.05) is 0 Å². The smallest absolute Gasteiger partial charge is 0.181 e. The Morgan fingerprint density at radius 2 is 0.870 bits per heavy atom. The van der Waals surface area contributed by atoms with E-state index in [1.54, 1.807) is 0 Å². The zero-order valence-corrected chi connectivity index (χ0v) is 26.2. The van der Waals surface area contributed by atoms with Crippen LogP contribution >= 0.6 is 0 Å². The lowest BCUT2D eigenvalue weighted by Crippen LogP contribution is -2.75. The summed E-state index contributed by atoms with van der Waals surface area (Å²) in [4.78, 5) is 0. The standard InChI is InChI=1S/C43H30N2Si/c44-31-32-17-7-15-29-42(32)46(33-18-3-1-4-19-33,34-20-5-2-6-21-34)43-30-16-11-25-38(43)37-24-10-14-28-41(37)45-39-26-12-8-22-35(39)36-23-9-13-27-40(36)45/h1-30H. The second kappa shape index (κ2) is 11.5. The Morgan fingerprint density at radius 1 is 0.413 bits per heavy atom. The van der Waals surface area contributed by atoms with Gasteiger partial charge in [-0.2, -0.15) is 5.26 Å². The first-order chi connectivity index (χ1) is 22.8. The van der Waals surface area contributed by atoms with Gasteiger partial charge >= 0.3 is 0 Å². The van der Waals surface area contributed by atoms with Crippen molar-refractivity contribution in [1.82, 2.24) is 4.57 Å². The first-order valence-corrected chi connectivity index (χ1v) is 17.6. The number of fused-ring (bicyclic) bond motifs is 3. The highest BCUT2D eigenvalue weighted by Gasteiger charge is 2.44. The van der Waals surface area contributed by atoms with E-state index in [9.17, 15) is 5.26 Å². The molecule has 0 saturated heterocycles. The first-order valence-electron chi connectivity index (χ1n) is 15.6. The third kappa shape index (κ3) is 4.23. The number of rotatable bonds is 6. The van der Waals surface area contributed by atoms with E-state index in [1.165, 1.54) is 42.9 Å². The monoisotopic (exact) mass is 602 g/mol. The lowest BCUT2D eigenvalue weighted by Gasteiger charge is -2.36. The Labute approximate surface area is 270 Å². The molecule has 0 unspecified atom stereocenters. The van der Waals surface area contributed by atoms with E-state index in [0.717, 1.165) is 16.4 Å². The summed E-state index contributed by atoms with van der Waals surface area (Å²) in [6.07, 6.45) is 0. The summed E-state index contributed by atoms with van der Waals surface area (Å²) in [5.41, 5.74) is 6.53. The molecule has 0 bridgehead atoms. The number of nitriles is 1. The van der Waals surface area contributed by atoms with E-state index in [2.05, 4.69) is 180 Å². The number of hydrogen-bond acceptors (Lipinski definition) is 1. The average Bonchev–Trinajstić information content (AvgIpc) is 3.48. The topological polar surface area (TPSA) is 28.7 Å². The maximum absolute atomic E-state index is 10.5. The number of hydrogen-bond donors (Lipinski definition) is 0. The second-order valence-electron chi connectivity index (χ2n) is 11.6. The molecule has 3 heteroatoms. The molecule has 0 spiro atoms. The van der Waals surface area contributed by atoms with Crippen molar-refractivity contribution in [2.45, 2.75) is 0 Å². The van der Waals surface area contributed by atoms with Crippen LogP contribution in [0.3, 0.4) is 0 Å². The third-order valence-corrected chi connectivity index (χ3v) is 14.1. The third-order valence-electron chi connectivity index (χ3n) is 9.21. The minimum atomic E-state index is -3.04. The number of para-hydroxylation sites is 3. The van der Waals surface area contributed by atoms with E-state index < -0.39 is 8.07 Å². The number of benzene rings is 7. The molecule has 0 amide bonds. The summed E-state index contributed by atoms with van der Waals surface area (Å²) in [5.74, 6) is 0. The molecule has 0 aliphatic rings. The van der Waals surface area contributed by atoms with Gasteiger partial charge in [0.05, 0.1) is 28.4 Å². The van der Waals surface area contributed by atoms with Crippen LogP contribution in [0.5, 0.6) is 0 Å². The van der Waals surface area contributed by atoms with Crippen LogP contribution in [0.25, 0.3) is 38.6 Å². The predicted octanol–water partition coefficient (Wildman–Crippen LogP) is 7.70. The summed E-state index contributed by atoms with van der Waals surface area (Å²) in [5, 5.41) is 17.9. The van der Waals surface area contributed by atoms with Crippen LogP contribution in [-0.4, -0.2) is 12.6 Å². The van der Waals surface area contributed by atoms with E-state index in [0.29, 0.717) is 5.56 Å². The van der Waals surface area contributed by atoms with Crippen LogP contribution in [0.2, 0.25) is 0 Å². The molecule has 0 atom stereocenters. The molecule has 216 valence electrons. The zero-order chi connectivity index (χ0) is 30.9. The van der Waals surface area contributed by atoms with E-state index in [4.69, 9.17) is 0 Å². The summed E-state index contributed by atoms with van der Waals surface area (Å²) in [7, 11) is -3.04. The van der Waals surface area contributed by atoms with E-state index in [1.807, 2.05) is 12.1 Å². The number of aromatic nitrogens is 1. The van der Waals surface area contributed by atoms with Crippen LogP contribution in [0.4, 0.5) is 0 Å². The van der Waals surface area contributed by atoms with Crippen molar-refractivity contribution in [2.24, 2.45) is 0 Å². The van der Waals surface area contributed by atoms with Gasteiger partial charge in [0, 0.05) is 16.3 Å². The molecular formula is C43H30N2Si. The van der Waals surface area contributed by atoms with Crippen molar-refractivity contribution in [3.8, 4) is 22.9 Å². The predicted molar refractivity (Wildman–Crippen MR) is 195 cm³/mol. The average molecular weight is 603 g/mol. The van der Waals surface area contributed by atoms with Crippen molar-refractivity contribution in [1.29, 1.82) is 5.26 Å². The van der Waals surface area contributed by atoms with Gasteiger partial charge in [-0.25, -0.2) is 0 Å². The van der Waals surface area contributed by atoms with Gasteiger partial charge in [0.25, 0.3) is 0 Å². The lowest BCUT2D eigenvalue weighted by atomic mass is 10.0. The maximum atomic E-state index is 10.5. The summed E-state index contributed by atoms with van der Waals surface area (Å²) in [6, 6.07) is 67.4. The molecule has 7 aromatic carbocycles. The van der Waals surface area contributed by atoms with Gasteiger partial charge in [-0.15, -0.1) is 0 Å². The largest absolute Gasteiger partial charge is 0.309 e. The van der Waals surface area contributed by atoms with Gasteiger partial charge in [-0.1, -0.05) is 158 Å². The molecule has 0 saturated carbocycles.